The Kier molecular flexibility index (Phi) is 3.13. The van der Waals surface area contributed by atoms with Gasteiger partial charge in [0.1, 0.15) is 0 Å². The minimum absolute atomic E-state index is 0.0486. The van der Waals surface area contributed by atoms with Crippen LogP contribution in [0.5, 0.6) is 0 Å². The Morgan fingerprint density at radius 2 is 2.00 bits per heavy atom. The smallest absolute Gasteiger partial charge is 0.251 e. The van der Waals surface area contributed by atoms with E-state index in [9.17, 15) is 8.68 Å². The summed E-state index contributed by atoms with van der Waals surface area (Å²) in [5, 5.41) is 0. The summed E-state index contributed by atoms with van der Waals surface area (Å²) in [6, 6.07) is 10.5. The highest BCUT2D eigenvalue weighted by Crippen LogP contribution is 2.29. The molecule has 0 saturated heterocycles. The van der Waals surface area contributed by atoms with Gasteiger partial charge in [0, 0.05) is 23.2 Å². The van der Waals surface area contributed by atoms with Crippen LogP contribution in [0.2, 0.25) is 0 Å². The maximum Gasteiger partial charge on any atom is 0.251 e. The molecule has 15 heavy (non-hydrogen) atoms. The van der Waals surface area contributed by atoms with Gasteiger partial charge < -0.3 is 0 Å². The molecule has 0 bridgehead atoms. The predicted octanol–water partition coefficient (Wildman–Crippen LogP) is 3.15. The lowest BCUT2D eigenvalue weighted by molar-refractivity contribution is 0.933. The predicted molar refractivity (Wildman–Crippen MR) is 60.8 cm³/mol. The fourth-order valence-electron chi connectivity index (χ4n) is 1.19. The molecular formula is C10H6FNOS2. The minimum Gasteiger partial charge on any atom is -0.276 e. The third kappa shape index (κ3) is 2.24. The zero-order chi connectivity index (χ0) is 10.7. The van der Waals surface area contributed by atoms with Crippen molar-refractivity contribution in [2.24, 2.45) is 0 Å². The van der Waals surface area contributed by atoms with Crippen LogP contribution < -0.4 is 4.74 Å². The van der Waals surface area contributed by atoms with E-state index in [1.54, 1.807) is 0 Å². The van der Waals surface area contributed by atoms with E-state index in [1.807, 2.05) is 30.3 Å². The summed E-state index contributed by atoms with van der Waals surface area (Å²) >= 11 is 0.881. The van der Waals surface area contributed by atoms with Gasteiger partial charge in [-0.1, -0.05) is 30.3 Å². The zero-order valence-corrected chi connectivity index (χ0v) is 9.15. The average Bonchev–Trinajstić information content (AvgIpc) is 2.30. The van der Waals surface area contributed by atoms with Gasteiger partial charge in [0.15, 0.2) is 0 Å². The first-order valence-corrected chi connectivity index (χ1v) is 5.65. The van der Waals surface area contributed by atoms with Crippen LogP contribution in [0.25, 0.3) is 11.3 Å². The SMILES string of the molecule is O=c1cc(SF)c(-c2ccccc2)ns1. The summed E-state index contributed by atoms with van der Waals surface area (Å²) in [5.41, 5.74) is 1.33. The number of aromatic nitrogens is 1. The lowest BCUT2D eigenvalue weighted by atomic mass is 10.1. The monoisotopic (exact) mass is 239 g/mol. The topological polar surface area (TPSA) is 30.0 Å². The molecule has 0 aliphatic heterocycles. The molecule has 0 aliphatic rings. The standard InChI is InChI=1S/C10H6FNOS2/c11-14-8-6-9(13)15-12-10(8)7-4-2-1-3-5-7/h1-6H. The van der Waals surface area contributed by atoms with Gasteiger partial charge in [0.05, 0.1) is 22.7 Å². The number of rotatable bonds is 2. The van der Waals surface area contributed by atoms with Gasteiger partial charge >= 0.3 is 0 Å². The fraction of sp³-hybridized carbons (Fsp3) is 0. The molecule has 2 nitrogen and oxygen atoms in total. The highest BCUT2D eigenvalue weighted by Gasteiger charge is 2.08. The highest BCUT2D eigenvalue weighted by atomic mass is 32.2. The molecule has 0 N–H and O–H groups in total. The van der Waals surface area contributed by atoms with Crippen molar-refractivity contribution in [3.05, 3.63) is 45.9 Å². The maximum atomic E-state index is 12.6. The number of halogens is 1. The van der Waals surface area contributed by atoms with Crippen LogP contribution in [-0.4, -0.2) is 4.37 Å². The van der Waals surface area contributed by atoms with E-state index in [4.69, 9.17) is 0 Å². The van der Waals surface area contributed by atoms with Crippen molar-refractivity contribution in [3.63, 3.8) is 0 Å². The van der Waals surface area contributed by atoms with Crippen molar-refractivity contribution in [1.29, 1.82) is 0 Å². The molecule has 0 fully saturated rings. The summed E-state index contributed by atoms with van der Waals surface area (Å²) in [7, 11) is 0. The largest absolute Gasteiger partial charge is 0.276 e. The molecule has 0 radical (unpaired) electrons. The second kappa shape index (κ2) is 4.55. The molecule has 0 spiro atoms. The quantitative estimate of drug-likeness (QED) is 0.806. The normalized spacial score (nSPS) is 10.2. The van der Waals surface area contributed by atoms with Gasteiger partial charge in [-0.15, -0.1) is 0 Å². The summed E-state index contributed by atoms with van der Waals surface area (Å²) in [4.78, 5) is 11.3. The first kappa shape index (κ1) is 10.3. The second-order valence-electron chi connectivity index (χ2n) is 2.80. The molecule has 0 aliphatic carbocycles. The molecule has 76 valence electrons. The van der Waals surface area contributed by atoms with Crippen LogP contribution in [0.1, 0.15) is 0 Å². The summed E-state index contributed by atoms with van der Waals surface area (Å²) in [6.45, 7) is 0. The number of hydrogen-bond acceptors (Lipinski definition) is 4. The van der Waals surface area contributed by atoms with Gasteiger partial charge in [-0.25, -0.2) is 0 Å². The van der Waals surface area contributed by atoms with Crippen LogP contribution in [-0.2, 0) is 0 Å². The number of hydrogen-bond donors (Lipinski definition) is 0. The third-order valence-electron chi connectivity index (χ3n) is 1.84. The fourth-order valence-corrected chi connectivity index (χ4v) is 2.26. The Morgan fingerprint density at radius 3 is 2.67 bits per heavy atom. The van der Waals surface area contributed by atoms with Crippen molar-refractivity contribution in [3.8, 4) is 11.3 Å². The maximum absolute atomic E-state index is 12.6. The van der Waals surface area contributed by atoms with E-state index in [2.05, 4.69) is 4.37 Å². The summed E-state index contributed by atoms with van der Waals surface area (Å²) in [5.74, 6) is 0. The van der Waals surface area contributed by atoms with Gasteiger partial charge in [-0.2, -0.15) is 8.26 Å². The minimum atomic E-state index is -0.241. The molecule has 1 aromatic carbocycles. The Bertz CT molecular complexity index is 512. The van der Waals surface area contributed by atoms with Crippen molar-refractivity contribution >= 4 is 23.7 Å². The van der Waals surface area contributed by atoms with E-state index >= 15 is 0 Å². The first-order valence-electron chi connectivity index (χ1n) is 4.16. The molecule has 0 amide bonds. The molecule has 1 aromatic heterocycles. The number of benzene rings is 1. The number of nitrogens with zero attached hydrogens (tertiary/aromatic N) is 1. The van der Waals surface area contributed by atoms with Gasteiger partial charge in [0.25, 0.3) is 4.74 Å². The Labute approximate surface area is 94.2 Å². The summed E-state index contributed by atoms with van der Waals surface area (Å²) < 4.78 is 16.3. The van der Waals surface area contributed by atoms with E-state index in [0.29, 0.717) is 5.69 Å². The van der Waals surface area contributed by atoms with Crippen LogP contribution in [0.15, 0.2) is 46.1 Å². The molecule has 1 heterocycles. The molecule has 0 atom stereocenters. The first-order chi connectivity index (χ1) is 7.31. The van der Waals surface area contributed by atoms with Crippen LogP contribution >= 0.6 is 23.7 Å². The third-order valence-corrected chi connectivity index (χ3v) is 2.89. The van der Waals surface area contributed by atoms with E-state index in [-0.39, 0.29) is 21.8 Å². The lowest BCUT2D eigenvalue weighted by Gasteiger charge is -2.01. The molecule has 2 aromatic rings. The highest BCUT2D eigenvalue weighted by molar-refractivity contribution is 7.94. The van der Waals surface area contributed by atoms with Crippen molar-refractivity contribution in [1.82, 2.24) is 4.37 Å². The van der Waals surface area contributed by atoms with Crippen molar-refractivity contribution in [2.45, 2.75) is 4.90 Å². The average molecular weight is 239 g/mol. The molecule has 0 unspecified atom stereocenters. The zero-order valence-electron chi connectivity index (χ0n) is 7.51. The Hall–Kier alpha value is -1.20. The Balaban J connectivity index is 2.58. The molecular weight excluding hydrogens is 233 g/mol. The Morgan fingerprint density at radius 1 is 1.27 bits per heavy atom. The molecule has 0 saturated carbocycles. The van der Waals surface area contributed by atoms with Gasteiger partial charge in [0.2, 0.25) is 0 Å². The van der Waals surface area contributed by atoms with E-state index < -0.39 is 0 Å². The molecule has 5 heteroatoms. The van der Waals surface area contributed by atoms with Crippen LogP contribution in [0.4, 0.5) is 3.89 Å². The van der Waals surface area contributed by atoms with Crippen LogP contribution in [0.3, 0.4) is 0 Å². The summed E-state index contributed by atoms with van der Waals surface area (Å²) in [6.07, 6.45) is 0. The van der Waals surface area contributed by atoms with E-state index in [1.165, 1.54) is 6.07 Å². The van der Waals surface area contributed by atoms with E-state index in [0.717, 1.165) is 17.1 Å². The van der Waals surface area contributed by atoms with Gasteiger partial charge in [-0.3, -0.25) is 4.79 Å². The van der Waals surface area contributed by atoms with Gasteiger partial charge in [-0.05, 0) is 0 Å². The molecule has 2 rings (SSSR count). The second-order valence-corrected chi connectivity index (χ2v) is 4.16. The van der Waals surface area contributed by atoms with Crippen LogP contribution in [0, 0.1) is 0 Å². The lowest BCUT2D eigenvalue weighted by Crippen LogP contribution is -1.96. The van der Waals surface area contributed by atoms with Crippen molar-refractivity contribution in [2.75, 3.05) is 0 Å². The van der Waals surface area contributed by atoms with Crippen molar-refractivity contribution < 1.29 is 3.89 Å².